The Kier molecular flexibility index (Phi) is 4.04. The summed E-state index contributed by atoms with van der Waals surface area (Å²) in [7, 11) is 1.77. The molecule has 1 aliphatic heterocycles. The summed E-state index contributed by atoms with van der Waals surface area (Å²) in [5, 5.41) is 8.87. The van der Waals surface area contributed by atoms with Gasteiger partial charge in [-0.2, -0.15) is 15.1 Å². The molecule has 4 aromatic heterocycles. The first-order valence-electron chi connectivity index (χ1n) is 11.4. The van der Waals surface area contributed by atoms with Gasteiger partial charge in [-0.1, -0.05) is 0 Å². The van der Waals surface area contributed by atoms with Crippen LogP contribution in [-0.2, 0) is 0 Å². The Morgan fingerprint density at radius 3 is 2.91 bits per heavy atom. The number of H-pyrrole nitrogens is 1. The van der Waals surface area contributed by atoms with E-state index in [1.165, 1.54) is 12.1 Å². The van der Waals surface area contributed by atoms with Crippen molar-refractivity contribution >= 4 is 39.0 Å². The van der Waals surface area contributed by atoms with Crippen molar-refractivity contribution in [3.8, 4) is 11.8 Å². The number of nitrogens with zero attached hydrogens (tertiary/aromatic N) is 5. The summed E-state index contributed by atoms with van der Waals surface area (Å²) in [4.78, 5) is 15.2. The second-order valence-electron chi connectivity index (χ2n) is 9.17. The Hall–Kier alpha value is -3.92. The van der Waals surface area contributed by atoms with Gasteiger partial charge in [-0.15, -0.1) is 0 Å². The van der Waals surface area contributed by atoms with E-state index in [1.54, 1.807) is 24.0 Å². The number of anilines is 2. The molecule has 172 valence electrons. The SMILES string of the molecule is CNc1cc(F)cc2c1[nH]c1nc(Oc3ccc4ccnn4c3)nc(N3C[C@H]4C[C@@H]3C[C@H]4N)c12. The van der Waals surface area contributed by atoms with Crippen LogP contribution in [0.25, 0.3) is 27.5 Å². The molecule has 10 heteroatoms. The summed E-state index contributed by atoms with van der Waals surface area (Å²) in [5.41, 5.74) is 9.32. The zero-order chi connectivity index (χ0) is 23.0. The smallest absolute Gasteiger partial charge is 0.326 e. The standard InChI is InChI=1S/C24H23FN8O/c1-27-19-8-13(25)7-17-20-22(29-21(17)19)30-24(34-16-3-2-14-4-5-28-33(14)11-16)31-23(20)32-10-12-6-15(32)9-18(12)26/h2-5,7-8,11-12,15,18,27H,6,9-10,26H2,1H3,(H,29,30,31)/t12-,15-,18-/m1/s1. The maximum atomic E-state index is 14.5. The molecular formula is C24H23FN8O. The highest BCUT2D eigenvalue weighted by atomic mass is 19.1. The van der Waals surface area contributed by atoms with Gasteiger partial charge < -0.3 is 25.7 Å². The van der Waals surface area contributed by atoms with Crippen LogP contribution in [-0.4, -0.2) is 50.2 Å². The van der Waals surface area contributed by atoms with Gasteiger partial charge in [0.2, 0.25) is 0 Å². The lowest BCUT2D eigenvalue weighted by atomic mass is 10.0. The van der Waals surface area contributed by atoms with Crippen LogP contribution >= 0.6 is 0 Å². The first-order chi connectivity index (χ1) is 16.6. The van der Waals surface area contributed by atoms with E-state index in [4.69, 9.17) is 15.5 Å². The minimum atomic E-state index is -0.318. The number of hydrogen-bond acceptors (Lipinski definition) is 7. The van der Waals surface area contributed by atoms with Crippen LogP contribution in [0, 0.1) is 11.7 Å². The average Bonchev–Trinajstić information content (AvgIpc) is 3.60. The zero-order valence-electron chi connectivity index (χ0n) is 18.5. The maximum Gasteiger partial charge on any atom is 0.326 e. The molecule has 7 rings (SSSR count). The molecule has 3 atom stereocenters. The van der Waals surface area contributed by atoms with Crippen LogP contribution < -0.4 is 20.7 Å². The van der Waals surface area contributed by atoms with E-state index in [0.29, 0.717) is 29.0 Å². The topological polar surface area (TPSA) is 109 Å². The highest BCUT2D eigenvalue weighted by Crippen LogP contribution is 2.44. The first-order valence-corrected chi connectivity index (χ1v) is 11.4. The van der Waals surface area contributed by atoms with Crippen LogP contribution in [0.4, 0.5) is 15.9 Å². The van der Waals surface area contributed by atoms with Crippen molar-refractivity contribution in [3.05, 3.63) is 48.5 Å². The fraction of sp³-hybridized carbons (Fsp3) is 0.292. The molecule has 0 spiro atoms. The molecule has 1 aliphatic carbocycles. The van der Waals surface area contributed by atoms with Gasteiger partial charge in [-0.3, -0.25) is 0 Å². The number of pyridine rings is 1. The lowest BCUT2D eigenvalue weighted by Gasteiger charge is -2.31. The third-order valence-corrected chi connectivity index (χ3v) is 7.20. The number of aromatic nitrogens is 5. The van der Waals surface area contributed by atoms with E-state index in [9.17, 15) is 4.39 Å². The molecular weight excluding hydrogens is 435 g/mol. The number of rotatable bonds is 4. The number of aromatic amines is 1. The maximum absolute atomic E-state index is 14.5. The number of ether oxygens (including phenoxy) is 1. The number of benzene rings is 1. The largest absolute Gasteiger partial charge is 0.423 e. The molecule has 0 unspecified atom stereocenters. The molecule has 1 saturated heterocycles. The van der Waals surface area contributed by atoms with Gasteiger partial charge in [0.15, 0.2) is 0 Å². The highest BCUT2D eigenvalue weighted by molar-refractivity contribution is 6.14. The Bertz CT molecular complexity index is 1570. The van der Waals surface area contributed by atoms with Crippen molar-refractivity contribution in [3.63, 3.8) is 0 Å². The number of fused-ring (bicyclic) bond motifs is 6. The molecule has 9 nitrogen and oxygen atoms in total. The van der Waals surface area contributed by atoms with Crippen LogP contribution in [0.3, 0.4) is 0 Å². The third kappa shape index (κ3) is 2.84. The predicted molar refractivity (Wildman–Crippen MR) is 128 cm³/mol. The number of hydrogen-bond donors (Lipinski definition) is 3. The van der Waals surface area contributed by atoms with Crippen molar-refractivity contribution in [2.75, 3.05) is 23.8 Å². The summed E-state index contributed by atoms with van der Waals surface area (Å²) >= 11 is 0. The molecule has 34 heavy (non-hydrogen) atoms. The number of piperidine rings is 1. The van der Waals surface area contributed by atoms with Gasteiger partial charge in [0.1, 0.15) is 23.0 Å². The predicted octanol–water partition coefficient (Wildman–Crippen LogP) is 3.66. The van der Waals surface area contributed by atoms with Gasteiger partial charge in [-0.05, 0) is 49.1 Å². The fourth-order valence-electron chi connectivity index (χ4n) is 5.59. The number of halogens is 1. The Labute approximate surface area is 193 Å². The normalized spacial score (nSPS) is 21.9. The zero-order valence-corrected chi connectivity index (χ0v) is 18.5. The van der Waals surface area contributed by atoms with E-state index in [0.717, 1.165) is 47.0 Å². The summed E-state index contributed by atoms with van der Waals surface area (Å²) in [6.45, 7) is 0.817. The third-order valence-electron chi connectivity index (χ3n) is 7.20. The minimum absolute atomic E-state index is 0.214. The number of nitrogens with two attached hydrogens (primary N) is 1. The summed E-state index contributed by atoms with van der Waals surface area (Å²) in [6.07, 6.45) is 5.48. The van der Waals surface area contributed by atoms with Crippen LogP contribution in [0.2, 0.25) is 0 Å². The molecule has 2 fully saturated rings. The monoisotopic (exact) mass is 458 g/mol. The average molecular weight is 459 g/mol. The van der Waals surface area contributed by atoms with Crippen molar-refractivity contribution in [1.82, 2.24) is 24.6 Å². The van der Waals surface area contributed by atoms with E-state index in [2.05, 4.69) is 25.3 Å². The molecule has 0 radical (unpaired) electrons. The molecule has 0 amide bonds. The van der Waals surface area contributed by atoms with Crippen molar-refractivity contribution < 1.29 is 9.13 Å². The first kappa shape index (κ1) is 19.5. The van der Waals surface area contributed by atoms with Crippen LogP contribution in [0.1, 0.15) is 12.8 Å². The summed E-state index contributed by atoms with van der Waals surface area (Å²) in [5.74, 6) is 1.43. The quantitative estimate of drug-likeness (QED) is 0.377. The van der Waals surface area contributed by atoms with Gasteiger partial charge in [0, 0.05) is 37.3 Å². The Morgan fingerprint density at radius 2 is 2.12 bits per heavy atom. The van der Waals surface area contributed by atoms with Crippen molar-refractivity contribution in [2.45, 2.75) is 24.9 Å². The molecule has 4 N–H and O–H groups in total. The second-order valence-corrected chi connectivity index (χ2v) is 9.17. The minimum Gasteiger partial charge on any atom is -0.423 e. The molecule has 2 bridgehead atoms. The van der Waals surface area contributed by atoms with Crippen molar-refractivity contribution in [1.29, 1.82) is 0 Å². The number of nitrogens with one attached hydrogen (secondary N) is 2. The molecule has 2 aliphatic rings. The molecule has 1 saturated carbocycles. The molecule has 5 heterocycles. The van der Waals surface area contributed by atoms with Gasteiger partial charge in [0.05, 0.1) is 28.3 Å². The van der Waals surface area contributed by atoms with Gasteiger partial charge in [0.25, 0.3) is 0 Å². The van der Waals surface area contributed by atoms with Gasteiger partial charge >= 0.3 is 6.01 Å². The van der Waals surface area contributed by atoms with Crippen molar-refractivity contribution in [2.24, 2.45) is 11.7 Å². The Morgan fingerprint density at radius 1 is 1.21 bits per heavy atom. The van der Waals surface area contributed by atoms with E-state index in [-0.39, 0.29) is 17.9 Å². The van der Waals surface area contributed by atoms with E-state index >= 15 is 0 Å². The second kappa shape index (κ2) is 7.04. The van der Waals surface area contributed by atoms with E-state index < -0.39 is 0 Å². The van der Waals surface area contributed by atoms with E-state index in [1.807, 2.05) is 18.2 Å². The fourth-order valence-corrected chi connectivity index (χ4v) is 5.59. The van der Waals surface area contributed by atoms with Crippen LogP contribution in [0.5, 0.6) is 11.8 Å². The molecule has 5 aromatic rings. The highest BCUT2D eigenvalue weighted by Gasteiger charge is 2.44. The Balaban J connectivity index is 1.41. The summed E-state index contributed by atoms with van der Waals surface area (Å²) < 4.78 is 22.3. The lowest BCUT2D eigenvalue weighted by molar-refractivity contribution is 0.437. The summed E-state index contributed by atoms with van der Waals surface area (Å²) in [6, 6.07) is 9.44. The van der Waals surface area contributed by atoms with Crippen LogP contribution in [0.15, 0.2) is 42.7 Å². The lowest BCUT2D eigenvalue weighted by Crippen LogP contribution is -2.41. The molecule has 1 aromatic carbocycles. The van der Waals surface area contributed by atoms with Gasteiger partial charge in [-0.25, -0.2) is 8.91 Å².